The van der Waals surface area contributed by atoms with Gasteiger partial charge in [0.05, 0.1) is 13.7 Å². The van der Waals surface area contributed by atoms with Crippen LogP contribution in [0.3, 0.4) is 0 Å². The molecule has 68 valence electrons. The minimum Gasteiger partial charge on any atom is -0.494 e. The molecule has 0 aliphatic heterocycles. The van der Waals surface area contributed by atoms with Gasteiger partial charge < -0.3 is 4.74 Å². The Morgan fingerprint density at radius 2 is 2.38 bits per heavy atom. The Bertz CT molecular complexity index is 347. The Morgan fingerprint density at radius 1 is 1.62 bits per heavy atom. The molecule has 0 saturated heterocycles. The second-order valence-corrected chi connectivity index (χ2v) is 2.36. The number of azide groups is 1. The summed E-state index contributed by atoms with van der Waals surface area (Å²) in [6, 6.07) is 4.43. The third-order valence-electron chi connectivity index (χ3n) is 1.53. The summed E-state index contributed by atoms with van der Waals surface area (Å²) in [6.45, 7) is 0.150. The molecule has 0 aromatic heterocycles. The summed E-state index contributed by atoms with van der Waals surface area (Å²) in [5.74, 6) is -0.266. The highest BCUT2D eigenvalue weighted by Gasteiger charge is 2.01. The van der Waals surface area contributed by atoms with Crippen molar-refractivity contribution in [3.63, 3.8) is 0 Å². The van der Waals surface area contributed by atoms with Crippen LogP contribution in [0, 0.1) is 5.82 Å². The van der Waals surface area contributed by atoms with Gasteiger partial charge in [0.1, 0.15) is 0 Å². The first-order valence-corrected chi connectivity index (χ1v) is 3.61. The largest absolute Gasteiger partial charge is 0.494 e. The summed E-state index contributed by atoms with van der Waals surface area (Å²) < 4.78 is 17.7. The Morgan fingerprint density at radius 3 is 2.92 bits per heavy atom. The van der Waals surface area contributed by atoms with Crippen LogP contribution in [-0.4, -0.2) is 7.11 Å². The lowest BCUT2D eigenvalue weighted by molar-refractivity contribution is 0.386. The molecule has 13 heavy (non-hydrogen) atoms. The highest BCUT2D eigenvalue weighted by Crippen LogP contribution is 2.17. The van der Waals surface area contributed by atoms with Crippen LogP contribution >= 0.6 is 0 Å². The van der Waals surface area contributed by atoms with E-state index in [4.69, 9.17) is 10.3 Å². The molecule has 0 saturated carbocycles. The summed E-state index contributed by atoms with van der Waals surface area (Å²) in [7, 11) is 1.39. The highest BCUT2D eigenvalue weighted by molar-refractivity contribution is 5.29. The molecule has 0 unspecified atom stereocenters. The topological polar surface area (TPSA) is 58.0 Å². The Hall–Kier alpha value is -1.74. The van der Waals surface area contributed by atoms with Crippen molar-refractivity contribution in [1.29, 1.82) is 0 Å². The van der Waals surface area contributed by atoms with Crippen molar-refractivity contribution in [3.05, 3.63) is 40.0 Å². The minimum absolute atomic E-state index is 0.150. The average Bonchev–Trinajstić information content (AvgIpc) is 2.15. The van der Waals surface area contributed by atoms with Gasteiger partial charge in [0.15, 0.2) is 11.6 Å². The molecular formula is C8H8FN3O. The summed E-state index contributed by atoms with van der Waals surface area (Å²) in [5.41, 5.74) is 8.66. The van der Waals surface area contributed by atoms with Gasteiger partial charge in [0.2, 0.25) is 0 Å². The van der Waals surface area contributed by atoms with E-state index < -0.39 is 5.82 Å². The number of rotatable bonds is 3. The maximum Gasteiger partial charge on any atom is 0.165 e. The molecule has 1 aromatic carbocycles. The SMILES string of the molecule is COc1ccc(CN=[N+]=[N-])cc1F. The van der Waals surface area contributed by atoms with Gasteiger partial charge in [-0.1, -0.05) is 11.2 Å². The molecular weight excluding hydrogens is 173 g/mol. The number of hydrogen-bond donors (Lipinski definition) is 0. The quantitative estimate of drug-likeness (QED) is 0.401. The summed E-state index contributed by atoms with van der Waals surface area (Å²) in [6.07, 6.45) is 0. The summed E-state index contributed by atoms with van der Waals surface area (Å²) >= 11 is 0. The molecule has 1 aromatic rings. The van der Waals surface area contributed by atoms with Gasteiger partial charge in [-0.3, -0.25) is 0 Å². The fraction of sp³-hybridized carbons (Fsp3) is 0.250. The fourth-order valence-corrected chi connectivity index (χ4v) is 0.922. The van der Waals surface area contributed by atoms with Crippen LogP contribution < -0.4 is 4.74 Å². The van der Waals surface area contributed by atoms with Crippen molar-refractivity contribution in [3.8, 4) is 5.75 Å². The van der Waals surface area contributed by atoms with Gasteiger partial charge in [0.25, 0.3) is 0 Å². The van der Waals surface area contributed by atoms with Crippen molar-refractivity contribution in [2.24, 2.45) is 5.11 Å². The number of ether oxygens (including phenoxy) is 1. The first kappa shape index (κ1) is 9.35. The van der Waals surface area contributed by atoms with Gasteiger partial charge in [0, 0.05) is 4.91 Å². The number of nitrogens with zero attached hydrogens (tertiary/aromatic N) is 3. The van der Waals surface area contributed by atoms with Crippen molar-refractivity contribution < 1.29 is 9.13 Å². The normalized spacial score (nSPS) is 9.08. The molecule has 0 atom stereocenters. The molecule has 0 fully saturated rings. The van der Waals surface area contributed by atoms with Crippen molar-refractivity contribution in [2.45, 2.75) is 6.54 Å². The van der Waals surface area contributed by atoms with Crippen LogP contribution in [-0.2, 0) is 6.54 Å². The predicted molar refractivity (Wildman–Crippen MR) is 45.8 cm³/mol. The molecule has 1 rings (SSSR count). The summed E-state index contributed by atoms with van der Waals surface area (Å²) in [5, 5.41) is 3.31. The zero-order valence-corrected chi connectivity index (χ0v) is 7.07. The average molecular weight is 181 g/mol. The number of benzene rings is 1. The molecule has 0 aliphatic carbocycles. The minimum atomic E-state index is -0.451. The van der Waals surface area contributed by atoms with Gasteiger partial charge in [-0.05, 0) is 23.2 Å². The van der Waals surface area contributed by atoms with Crippen molar-refractivity contribution in [2.75, 3.05) is 7.11 Å². The number of hydrogen-bond acceptors (Lipinski definition) is 2. The zero-order chi connectivity index (χ0) is 9.68. The molecule has 0 aliphatic rings. The van der Waals surface area contributed by atoms with Crippen LogP contribution in [0.25, 0.3) is 10.4 Å². The van der Waals surface area contributed by atoms with E-state index >= 15 is 0 Å². The number of methoxy groups -OCH3 is 1. The van der Waals surface area contributed by atoms with Gasteiger partial charge in [-0.15, -0.1) is 0 Å². The van der Waals surface area contributed by atoms with E-state index in [9.17, 15) is 4.39 Å². The molecule has 0 spiro atoms. The van der Waals surface area contributed by atoms with Crippen LogP contribution in [0.5, 0.6) is 5.75 Å². The van der Waals surface area contributed by atoms with E-state index in [-0.39, 0.29) is 12.3 Å². The first-order chi connectivity index (χ1) is 6.27. The lowest BCUT2D eigenvalue weighted by Crippen LogP contribution is -1.89. The van der Waals surface area contributed by atoms with E-state index in [1.807, 2.05) is 0 Å². The molecule has 0 amide bonds. The number of halogens is 1. The molecule has 5 heteroatoms. The van der Waals surface area contributed by atoms with E-state index in [0.29, 0.717) is 5.56 Å². The maximum absolute atomic E-state index is 13.0. The Labute approximate surface area is 74.6 Å². The highest BCUT2D eigenvalue weighted by atomic mass is 19.1. The predicted octanol–water partition coefficient (Wildman–Crippen LogP) is 2.64. The monoisotopic (exact) mass is 181 g/mol. The molecule has 0 radical (unpaired) electrons. The fourth-order valence-electron chi connectivity index (χ4n) is 0.922. The third kappa shape index (κ3) is 2.35. The lowest BCUT2D eigenvalue weighted by Gasteiger charge is -2.02. The van der Waals surface area contributed by atoms with Gasteiger partial charge in [-0.25, -0.2) is 4.39 Å². The van der Waals surface area contributed by atoms with Crippen LogP contribution in [0.4, 0.5) is 4.39 Å². The zero-order valence-electron chi connectivity index (χ0n) is 7.07. The van der Waals surface area contributed by atoms with Crippen LogP contribution in [0.1, 0.15) is 5.56 Å². The van der Waals surface area contributed by atoms with Gasteiger partial charge in [-0.2, -0.15) is 0 Å². The lowest BCUT2D eigenvalue weighted by atomic mass is 10.2. The van der Waals surface area contributed by atoms with E-state index in [1.165, 1.54) is 19.2 Å². The standard InChI is InChI=1S/C8H8FN3O/c1-13-8-3-2-6(4-7(8)9)5-11-12-10/h2-4H,5H2,1H3. The second-order valence-electron chi connectivity index (χ2n) is 2.36. The van der Waals surface area contributed by atoms with Crippen LogP contribution in [0.2, 0.25) is 0 Å². The van der Waals surface area contributed by atoms with E-state index in [2.05, 4.69) is 10.0 Å². The maximum atomic E-state index is 13.0. The van der Waals surface area contributed by atoms with Crippen molar-refractivity contribution >= 4 is 0 Å². The Kier molecular flexibility index (Phi) is 3.11. The molecule has 0 bridgehead atoms. The Balaban J connectivity index is 2.88. The van der Waals surface area contributed by atoms with Gasteiger partial charge >= 0.3 is 0 Å². The van der Waals surface area contributed by atoms with Crippen LogP contribution in [0.15, 0.2) is 23.3 Å². The molecule has 0 heterocycles. The summed E-state index contributed by atoms with van der Waals surface area (Å²) in [4.78, 5) is 2.57. The molecule has 4 nitrogen and oxygen atoms in total. The smallest absolute Gasteiger partial charge is 0.165 e. The van der Waals surface area contributed by atoms with Crippen molar-refractivity contribution in [1.82, 2.24) is 0 Å². The second kappa shape index (κ2) is 4.33. The first-order valence-electron chi connectivity index (χ1n) is 3.61. The van der Waals surface area contributed by atoms with E-state index in [1.54, 1.807) is 6.07 Å². The molecule has 0 N–H and O–H groups in total. The van der Waals surface area contributed by atoms with E-state index in [0.717, 1.165) is 0 Å². The third-order valence-corrected chi connectivity index (χ3v) is 1.53.